The second-order valence-electron chi connectivity index (χ2n) is 16.4. The van der Waals surface area contributed by atoms with Crippen LogP contribution in [0.1, 0.15) is 22.3 Å². The molecule has 4 nitrogen and oxygen atoms in total. The fraction of sp³-hybridized carbons (Fsp3) is 0.0169. The average molecular weight is 807 g/mol. The Kier molecular flexibility index (Phi) is 7.79. The molecule has 2 heterocycles. The Labute approximate surface area is 365 Å². The number of rotatable bonds is 6. The summed E-state index contributed by atoms with van der Waals surface area (Å²) in [7, 11) is 0. The van der Waals surface area contributed by atoms with Crippen LogP contribution < -0.4 is 14.5 Å². The number of para-hydroxylation sites is 4. The van der Waals surface area contributed by atoms with Gasteiger partial charge >= 0.3 is 0 Å². The Morgan fingerprint density at radius 1 is 0.349 bits per heavy atom. The summed E-state index contributed by atoms with van der Waals surface area (Å²) in [5.74, 6) is 1.76. The summed E-state index contributed by atoms with van der Waals surface area (Å²) >= 11 is 0. The van der Waals surface area contributed by atoms with Gasteiger partial charge in [0.05, 0.1) is 22.2 Å². The van der Waals surface area contributed by atoms with Crippen molar-refractivity contribution in [3.05, 3.63) is 253 Å². The average Bonchev–Trinajstić information content (AvgIpc) is 3.87. The van der Waals surface area contributed by atoms with E-state index < -0.39 is 5.41 Å². The second kappa shape index (κ2) is 13.8. The lowest BCUT2D eigenvalue weighted by atomic mass is 9.66. The van der Waals surface area contributed by atoms with Gasteiger partial charge in [0.1, 0.15) is 22.7 Å². The van der Waals surface area contributed by atoms with Crippen LogP contribution >= 0.6 is 0 Å². The van der Waals surface area contributed by atoms with Gasteiger partial charge in [-0.2, -0.15) is 0 Å². The number of benzene rings is 10. The normalized spacial score (nSPS) is 14.5. The monoisotopic (exact) mass is 806 g/mol. The van der Waals surface area contributed by atoms with E-state index in [1.807, 2.05) is 0 Å². The van der Waals surface area contributed by atoms with Crippen LogP contribution in [-0.4, -0.2) is 0 Å². The van der Waals surface area contributed by atoms with Crippen LogP contribution in [-0.2, 0) is 5.41 Å². The molecule has 10 aromatic carbocycles. The first-order valence-corrected chi connectivity index (χ1v) is 21.5. The van der Waals surface area contributed by atoms with Crippen LogP contribution in [0.5, 0.6) is 11.5 Å². The molecule has 1 aliphatic heterocycles. The van der Waals surface area contributed by atoms with Gasteiger partial charge in [0.2, 0.25) is 0 Å². The first-order chi connectivity index (χ1) is 31.3. The molecule has 0 saturated carbocycles. The number of anilines is 6. The molecule has 0 radical (unpaired) electrons. The molecular weight excluding hydrogens is 769 g/mol. The second-order valence-corrected chi connectivity index (χ2v) is 16.4. The van der Waals surface area contributed by atoms with Crippen molar-refractivity contribution in [2.24, 2.45) is 0 Å². The van der Waals surface area contributed by atoms with E-state index >= 15 is 0 Å². The molecule has 63 heavy (non-hydrogen) atoms. The van der Waals surface area contributed by atoms with E-state index in [0.29, 0.717) is 0 Å². The summed E-state index contributed by atoms with van der Waals surface area (Å²) in [5, 5.41) is 4.44. The van der Waals surface area contributed by atoms with E-state index in [4.69, 9.17) is 9.15 Å². The number of ether oxygens (including phenoxy) is 1. The van der Waals surface area contributed by atoms with Crippen LogP contribution in [0.3, 0.4) is 0 Å². The molecule has 296 valence electrons. The Bertz CT molecular complexity index is 3520. The molecule has 0 fully saturated rings. The fourth-order valence-electron chi connectivity index (χ4n) is 10.5. The highest BCUT2D eigenvalue weighted by Gasteiger charge is 2.52. The third-order valence-corrected chi connectivity index (χ3v) is 13.0. The largest absolute Gasteiger partial charge is 0.457 e. The Morgan fingerprint density at radius 3 is 1.65 bits per heavy atom. The molecule has 1 spiro atoms. The van der Waals surface area contributed by atoms with Crippen molar-refractivity contribution < 1.29 is 9.15 Å². The predicted octanol–water partition coefficient (Wildman–Crippen LogP) is 16.1. The molecule has 11 aromatic rings. The van der Waals surface area contributed by atoms with Crippen molar-refractivity contribution in [3.63, 3.8) is 0 Å². The molecule has 4 heteroatoms. The van der Waals surface area contributed by atoms with Crippen molar-refractivity contribution in [2.45, 2.75) is 5.41 Å². The summed E-state index contributed by atoms with van der Waals surface area (Å²) in [6.45, 7) is 0. The van der Waals surface area contributed by atoms with E-state index in [1.54, 1.807) is 0 Å². The number of hydrogen-bond acceptors (Lipinski definition) is 4. The number of fused-ring (bicyclic) bond motifs is 13. The molecular formula is C59H38N2O2. The summed E-state index contributed by atoms with van der Waals surface area (Å²) < 4.78 is 13.5. The van der Waals surface area contributed by atoms with E-state index in [1.165, 1.54) is 27.6 Å². The minimum atomic E-state index is -0.629. The van der Waals surface area contributed by atoms with Gasteiger partial charge in [0, 0.05) is 44.8 Å². The van der Waals surface area contributed by atoms with Crippen molar-refractivity contribution in [1.82, 2.24) is 0 Å². The predicted molar refractivity (Wildman–Crippen MR) is 258 cm³/mol. The molecule has 1 unspecified atom stereocenters. The first kappa shape index (κ1) is 35.4. The van der Waals surface area contributed by atoms with Gasteiger partial charge in [-0.3, -0.25) is 0 Å². The zero-order valence-corrected chi connectivity index (χ0v) is 34.2. The summed E-state index contributed by atoms with van der Waals surface area (Å²) in [6, 6.07) is 82.5. The molecule has 2 aliphatic rings. The summed E-state index contributed by atoms with van der Waals surface area (Å²) in [4.78, 5) is 4.75. The van der Waals surface area contributed by atoms with Gasteiger partial charge in [-0.15, -0.1) is 0 Å². The van der Waals surface area contributed by atoms with Crippen LogP contribution in [0.15, 0.2) is 235 Å². The number of hydrogen-bond donors (Lipinski definition) is 0. The molecule has 0 amide bonds. The molecule has 13 rings (SSSR count). The van der Waals surface area contributed by atoms with Gasteiger partial charge in [0.25, 0.3) is 0 Å². The molecule has 1 atom stereocenters. The van der Waals surface area contributed by atoms with Crippen molar-refractivity contribution in [1.29, 1.82) is 0 Å². The topological polar surface area (TPSA) is 28.9 Å². The van der Waals surface area contributed by atoms with Gasteiger partial charge < -0.3 is 19.0 Å². The van der Waals surface area contributed by atoms with E-state index in [0.717, 1.165) is 84.1 Å². The number of nitrogens with zero attached hydrogens (tertiary/aromatic N) is 2. The minimum Gasteiger partial charge on any atom is -0.457 e. The summed E-state index contributed by atoms with van der Waals surface area (Å²) in [6.07, 6.45) is 0. The maximum absolute atomic E-state index is 6.85. The highest BCUT2D eigenvalue weighted by molar-refractivity contribution is 6.14. The lowest BCUT2D eigenvalue weighted by Gasteiger charge is -2.39. The lowest BCUT2D eigenvalue weighted by molar-refractivity contribution is 0.437. The third-order valence-electron chi connectivity index (χ3n) is 13.0. The van der Waals surface area contributed by atoms with E-state index in [-0.39, 0.29) is 0 Å². The lowest BCUT2D eigenvalue weighted by Crippen LogP contribution is -2.32. The van der Waals surface area contributed by atoms with Crippen molar-refractivity contribution in [3.8, 4) is 22.6 Å². The van der Waals surface area contributed by atoms with Crippen LogP contribution in [0.2, 0.25) is 0 Å². The van der Waals surface area contributed by atoms with Crippen LogP contribution in [0.4, 0.5) is 34.1 Å². The van der Waals surface area contributed by atoms with E-state index in [9.17, 15) is 0 Å². The van der Waals surface area contributed by atoms with Crippen molar-refractivity contribution >= 4 is 66.8 Å². The van der Waals surface area contributed by atoms with Gasteiger partial charge in [-0.25, -0.2) is 0 Å². The Balaban J connectivity index is 1.08. The molecule has 0 N–H and O–H groups in total. The maximum atomic E-state index is 6.85. The standard InChI is InChI=1S/C59H38N2O2/c1-4-20-41(21-5-1)60(42-22-6-2-7-23-42)52-31-17-33-55-58(52)46-38-44(34-35-53(46)62-55)61(43-24-8-3-9-25-43)51-30-16-29-49-57(51)45-26-12-13-27-47(45)59(49)48-28-14-15-32-54(48)63-56-37-40-19-11-10-18-39(40)36-50(56)59/h1-38H. The molecule has 1 aliphatic carbocycles. The zero-order chi connectivity index (χ0) is 41.5. The Morgan fingerprint density at radius 2 is 0.921 bits per heavy atom. The molecule has 0 bridgehead atoms. The zero-order valence-electron chi connectivity index (χ0n) is 34.2. The fourth-order valence-corrected chi connectivity index (χ4v) is 10.5. The first-order valence-electron chi connectivity index (χ1n) is 21.5. The molecule has 0 saturated heterocycles. The maximum Gasteiger partial charge on any atom is 0.137 e. The van der Waals surface area contributed by atoms with Crippen LogP contribution in [0.25, 0.3) is 43.8 Å². The SMILES string of the molecule is c1ccc(N(c2ccc3oc4cccc(N(c5ccccc5)c5ccccc5)c4c3c2)c2cccc3c2-c2ccccc2C32c3ccccc3Oc3cc4ccccc4cc32)cc1. The molecule has 1 aromatic heterocycles. The van der Waals surface area contributed by atoms with Gasteiger partial charge in [-0.1, -0.05) is 140 Å². The van der Waals surface area contributed by atoms with Crippen LogP contribution in [0, 0.1) is 0 Å². The smallest absolute Gasteiger partial charge is 0.137 e. The highest BCUT2D eigenvalue weighted by Crippen LogP contribution is 2.64. The highest BCUT2D eigenvalue weighted by atomic mass is 16.5. The van der Waals surface area contributed by atoms with Crippen molar-refractivity contribution in [2.75, 3.05) is 9.80 Å². The third kappa shape index (κ3) is 5.22. The number of furan rings is 1. The van der Waals surface area contributed by atoms with Gasteiger partial charge in [-0.05, 0) is 118 Å². The summed E-state index contributed by atoms with van der Waals surface area (Å²) in [5.41, 5.74) is 14.6. The minimum absolute atomic E-state index is 0.629. The quantitative estimate of drug-likeness (QED) is 0.167. The Hall–Kier alpha value is -8.34. The van der Waals surface area contributed by atoms with Gasteiger partial charge in [0.15, 0.2) is 0 Å². The van der Waals surface area contributed by atoms with E-state index in [2.05, 4.69) is 240 Å².